The molecule has 1 atom stereocenters. The molecule has 4 nitrogen and oxygen atoms in total. The predicted molar refractivity (Wildman–Crippen MR) is 99.9 cm³/mol. The molecule has 0 bridgehead atoms. The molecular weight excluding hydrogens is 331 g/mol. The van der Waals surface area contributed by atoms with Crippen LogP contribution >= 0.6 is 0 Å². The van der Waals surface area contributed by atoms with E-state index in [0.717, 1.165) is 11.1 Å². The molecule has 2 rings (SSSR count). The number of amides is 2. The Labute approximate surface area is 154 Å². The SMILES string of the molecule is CCNC(=O)[C@H](CC)N(Cc1ccc(F)cc1)C(=O)Cc1ccccc1. The Hall–Kier alpha value is -2.69. The van der Waals surface area contributed by atoms with E-state index in [1.807, 2.05) is 44.2 Å². The molecule has 0 saturated heterocycles. The molecule has 0 aliphatic rings. The van der Waals surface area contributed by atoms with Gasteiger partial charge in [-0.25, -0.2) is 4.39 Å². The maximum atomic E-state index is 13.2. The van der Waals surface area contributed by atoms with Crippen molar-refractivity contribution in [2.45, 2.75) is 39.3 Å². The summed E-state index contributed by atoms with van der Waals surface area (Å²) in [6.07, 6.45) is 0.728. The van der Waals surface area contributed by atoms with E-state index < -0.39 is 6.04 Å². The molecule has 0 saturated carbocycles. The second-order valence-electron chi connectivity index (χ2n) is 6.13. The lowest BCUT2D eigenvalue weighted by Gasteiger charge is -2.30. The second kappa shape index (κ2) is 9.70. The zero-order valence-electron chi connectivity index (χ0n) is 15.2. The highest BCUT2D eigenvalue weighted by atomic mass is 19.1. The van der Waals surface area contributed by atoms with Gasteiger partial charge in [0.15, 0.2) is 0 Å². The normalized spacial score (nSPS) is 11.7. The Balaban J connectivity index is 2.25. The molecule has 1 N–H and O–H groups in total. The van der Waals surface area contributed by atoms with E-state index in [9.17, 15) is 14.0 Å². The van der Waals surface area contributed by atoms with Crippen LogP contribution in [-0.4, -0.2) is 29.3 Å². The smallest absolute Gasteiger partial charge is 0.242 e. The summed E-state index contributed by atoms with van der Waals surface area (Å²) in [6.45, 7) is 4.50. The van der Waals surface area contributed by atoms with Crippen LogP contribution in [0.5, 0.6) is 0 Å². The summed E-state index contributed by atoms with van der Waals surface area (Å²) >= 11 is 0. The van der Waals surface area contributed by atoms with Gasteiger partial charge in [-0.05, 0) is 36.6 Å². The molecule has 2 amide bonds. The molecule has 2 aromatic rings. The van der Waals surface area contributed by atoms with Crippen LogP contribution in [-0.2, 0) is 22.6 Å². The van der Waals surface area contributed by atoms with E-state index in [4.69, 9.17) is 0 Å². The molecule has 26 heavy (non-hydrogen) atoms. The third-order valence-corrected chi connectivity index (χ3v) is 4.20. The molecule has 0 heterocycles. The highest BCUT2D eigenvalue weighted by Gasteiger charge is 2.28. The topological polar surface area (TPSA) is 49.4 Å². The number of hydrogen-bond donors (Lipinski definition) is 1. The number of benzene rings is 2. The van der Waals surface area contributed by atoms with Crippen molar-refractivity contribution in [1.82, 2.24) is 10.2 Å². The Morgan fingerprint density at radius 2 is 1.65 bits per heavy atom. The number of nitrogens with one attached hydrogen (secondary N) is 1. The predicted octanol–water partition coefficient (Wildman–Crippen LogP) is 3.31. The average Bonchev–Trinajstić information content (AvgIpc) is 2.64. The first kappa shape index (κ1) is 19.6. The minimum Gasteiger partial charge on any atom is -0.355 e. The van der Waals surface area contributed by atoms with Crippen molar-refractivity contribution in [1.29, 1.82) is 0 Å². The highest BCUT2D eigenvalue weighted by Crippen LogP contribution is 2.15. The lowest BCUT2D eigenvalue weighted by Crippen LogP contribution is -2.49. The van der Waals surface area contributed by atoms with Crippen molar-refractivity contribution in [3.63, 3.8) is 0 Å². The van der Waals surface area contributed by atoms with Gasteiger partial charge in [0.25, 0.3) is 0 Å². The van der Waals surface area contributed by atoms with E-state index >= 15 is 0 Å². The lowest BCUT2D eigenvalue weighted by molar-refractivity contribution is -0.140. The van der Waals surface area contributed by atoms with Crippen molar-refractivity contribution in [3.05, 3.63) is 71.5 Å². The van der Waals surface area contributed by atoms with Crippen LogP contribution in [0.25, 0.3) is 0 Å². The fraction of sp³-hybridized carbons (Fsp3) is 0.333. The first-order valence-electron chi connectivity index (χ1n) is 8.90. The number of carbonyl (C=O) groups is 2. The maximum Gasteiger partial charge on any atom is 0.242 e. The summed E-state index contributed by atoms with van der Waals surface area (Å²) < 4.78 is 13.2. The number of likely N-dealkylation sites (N-methyl/N-ethyl adjacent to an activating group) is 1. The van der Waals surface area contributed by atoms with E-state index in [0.29, 0.717) is 13.0 Å². The number of nitrogens with zero attached hydrogens (tertiary/aromatic N) is 1. The zero-order valence-corrected chi connectivity index (χ0v) is 15.2. The fourth-order valence-corrected chi connectivity index (χ4v) is 2.87. The van der Waals surface area contributed by atoms with E-state index in [2.05, 4.69) is 5.32 Å². The zero-order chi connectivity index (χ0) is 18.9. The minimum atomic E-state index is -0.559. The van der Waals surface area contributed by atoms with Gasteiger partial charge in [-0.1, -0.05) is 49.4 Å². The number of hydrogen-bond acceptors (Lipinski definition) is 2. The molecule has 0 unspecified atom stereocenters. The van der Waals surface area contributed by atoms with Crippen LogP contribution in [0.2, 0.25) is 0 Å². The summed E-state index contributed by atoms with van der Waals surface area (Å²) in [4.78, 5) is 27.0. The first-order chi connectivity index (χ1) is 12.5. The Bertz CT molecular complexity index is 717. The minimum absolute atomic E-state index is 0.126. The number of carbonyl (C=O) groups excluding carboxylic acids is 2. The van der Waals surface area contributed by atoms with E-state index in [-0.39, 0.29) is 30.6 Å². The Morgan fingerprint density at radius 3 is 2.23 bits per heavy atom. The summed E-state index contributed by atoms with van der Waals surface area (Å²) in [5, 5.41) is 2.80. The summed E-state index contributed by atoms with van der Waals surface area (Å²) in [6, 6.07) is 14.9. The van der Waals surface area contributed by atoms with Crippen molar-refractivity contribution >= 4 is 11.8 Å². The molecule has 0 aliphatic heterocycles. The highest BCUT2D eigenvalue weighted by molar-refractivity contribution is 5.88. The first-order valence-corrected chi connectivity index (χ1v) is 8.90. The van der Waals surface area contributed by atoms with Gasteiger partial charge in [0.1, 0.15) is 11.9 Å². The molecule has 2 aromatic carbocycles. The molecular formula is C21H25FN2O2. The second-order valence-corrected chi connectivity index (χ2v) is 6.13. The quantitative estimate of drug-likeness (QED) is 0.789. The maximum absolute atomic E-state index is 13.2. The van der Waals surface area contributed by atoms with Crippen LogP contribution < -0.4 is 5.32 Å². The summed E-state index contributed by atoms with van der Waals surface area (Å²) in [5.41, 5.74) is 1.68. The van der Waals surface area contributed by atoms with E-state index in [1.165, 1.54) is 12.1 Å². The van der Waals surface area contributed by atoms with E-state index in [1.54, 1.807) is 17.0 Å². The fourth-order valence-electron chi connectivity index (χ4n) is 2.87. The summed E-state index contributed by atoms with van der Waals surface area (Å²) in [5.74, 6) is -0.621. The van der Waals surface area contributed by atoms with Crippen molar-refractivity contribution < 1.29 is 14.0 Å². The van der Waals surface area contributed by atoms with Crippen molar-refractivity contribution in [2.75, 3.05) is 6.54 Å². The van der Waals surface area contributed by atoms with Crippen LogP contribution in [0.1, 0.15) is 31.4 Å². The Kier molecular flexibility index (Phi) is 7.33. The van der Waals surface area contributed by atoms with Gasteiger partial charge in [0, 0.05) is 13.1 Å². The van der Waals surface area contributed by atoms with Gasteiger partial charge in [-0.3, -0.25) is 9.59 Å². The van der Waals surface area contributed by atoms with Crippen molar-refractivity contribution in [2.24, 2.45) is 0 Å². The van der Waals surface area contributed by atoms with Gasteiger partial charge in [0.05, 0.1) is 6.42 Å². The molecule has 138 valence electrons. The van der Waals surface area contributed by atoms with Gasteiger partial charge in [-0.15, -0.1) is 0 Å². The van der Waals surface area contributed by atoms with Crippen LogP contribution in [0, 0.1) is 5.82 Å². The molecule has 0 fully saturated rings. The van der Waals surface area contributed by atoms with Gasteiger partial charge >= 0.3 is 0 Å². The molecule has 0 aliphatic carbocycles. The average molecular weight is 356 g/mol. The van der Waals surface area contributed by atoms with Crippen LogP contribution in [0.15, 0.2) is 54.6 Å². The van der Waals surface area contributed by atoms with Gasteiger partial charge in [0.2, 0.25) is 11.8 Å². The molecule has 0 aromatic heterocycles. The van der Waals surface area contributed by atoms with Gasteiger partial charge < -0.3 is 10.2 Å². The van der Waals surface area contributed by atoms with Gasteiger partial charge in [-0.2, -0.15) is 0 Å². The lowest BCUT2D eigenvalue weighted by atomic mass is 10.1. The molecule has 0 spiro atoms. The third kappa shape index (κ3) is 5.41. The molecule has 5 heteroatoms. The molecule has 0 radical (unpaired) electrons. The summed E-state index contributed by atoms with van der Waals surface area (Å²) in [7, 11) is 0. The standard InChI is InChI=1S/C21H25FN2O2/c1-3-19(21(26)23-4-2)24(15-17-10-12-18(22)13-11-17)20(25)14-16-8-6-5-7-9-16/h5-13,19H,3-4,14-15H2,1-2H3,(H,23,26)/t19-/m0/s1. The Morgan fingerprint density at radius 1 is 1.00 bits per heavy atom. The monoisotopic (exact) mass is 356 g/mol. The van der Waals surface area contributed by atoms with Crippen LogP contribution in [0.4, 0.5) is 4.39 Å². The van der Waals surface area contributed by atoms with Crippen LogP contribution in [0.3, 0.4) is 0 Å². The van der Waals surface area contributed by atoms with Crippen molar-refractivity contribution in [3.8, 4) is 0 Å². The number of rotatable bonds is 8. The third-order valence-electron chi connectivity index (χ3n) is 4.20. The number of halogens is 1. The largest absolute Gasteiger partial charge is 0.355 e.